The van der Waals surface area contributed by atoms with Crippen molar-refractivity contribution in [2.45, 2.75) is 45.7 Å². The fourth-order valence-electron chi connectivity index (χ4n) is 3.22. The number of rotatable bonds is 5. The lowest BCUT2D eigenvalue weighted by atomic mass is 10.0. The highest BCUT2D eigenvalue weighted by Gasteiger charge is 2.45. The predicted octanol–water partition coefficient (Wildman–Crippen LogP) is 4.47. The molecule has 1 aliphatic heterocycles. The maximum absolute atomic E-state index is 13.1. The molecule has 0 aliphatic carbocycles. The first-order valence-electron chi connectivity index (χ1n) is 8.88. The number of halogens is 6. The molecular formula is C19H19F6NO4. The maximum atomic E-state index is 13.1. The van der Waals surface area contributed by atoms with Crippen LogP contribution < -0.4 is 0 Å². The Morgan fingerprint density at radius 3 is 2.00 bits per heavy atom. The van der Waals surface area contributed by atoms with E-state index in [2.05, 4.69) is 0 Å². The van der Waals surface area contributed by atoms with Gasteiger partial charge < -0.3 is 14.7 Å². The molecule has 30 heavy (non-hydrogen) atoms. The Labute approximate surface area is 167 Å². The molecule has 1 amide bonds. The zero-order valence-corrected chi connectivity index (χ0v) is 16.2. The van der Waals surface area contributed by atoms with Crippen LogP contribution in [0.2, 0.25) is 0 Å². The van der Waals surface area contributed by atoms with Gasteiger partial charge in [-0.05, 0) is 36.6 Å². The highest BCUT2D eigenvalue weighted by molar-refractivity contribution is 6.18. The third kappa shape index (κ3) is 4.71. The second-order valence-electron chi connectivity index (χ2n) is 7.02. The van der Waals surface area contributed by atoms with E-state index in [1.54, 1.807) is 13.8 Å². The Bertz CT molecular complexity index is 841. The largest absolute Gasteiger partial charge is 0.509 e. The Morgan fingerprint density at radius 1 is 1.10 bits per heavy atom. The van der Waals surface area contributed by atoms with Crippen molar-refractivity contribution in [2.75, 3.05) is 6.61 Å². The molecule has 1 aliphatic rings. The zero-order chi connectivity index (χ0) is 23.0. The molecule has 5 nitrogen and oxygen atoms in total. The van der Waals surface area contributed by atoms with E-state index < -0.39 is 70.8 Å². The van der Waals surface area contributed by atoms with Gasteiger partial charge in [0.05, 0.1) is 23.8 Å². The third-order valence-electron chi connectivity index (χ3n) is 4.46. The average Bonchev–Trinajstić information content (AvgIpc) is 2.83. The molecule has 2 rings (SSSR count). The number of ether oxygens (including phenoxy) is 1. The molecule has 1 atom stereocenters. The van der Waals surface area contributed by atoms with E-state index in [1.807, 2.05) is 0 Å². The molecule has 0 aromatic heterocycles. The quantitative estimate of drug-likeness (QED) is 0.418. The Kier molecular flexibility index (Phi) is 6.43. The van der Waals surface area contributed by atoms with Crippen LogP contribution in [-0.4, -0.2) is 34.5 Å². The van der Waals surface area contributed by atoms with Crippen molar-refractivity contribution in [2.24, 2.45) is 5.92 Å². The van der Waals surface area contributed by atoms with Crippen LogP contribution in [0.3, 0.4) is 0 Å². The number of alkyl halides is 6. The molecule has 0 spiro atoms. The normalized spacial score (nSPS) is 17.9. The molecule has 1 N–H and O–H groups in total. The minimum absolute atomic E-state index is 0.0189. The van der Waals surface area contributed by atoms with Crippen LogP contribution in [0.15, 0.2) is 29.5 Å². The van der Waals surface area contributed by atoms with E-state index in [1.165, 1.54) is 6.92 Å². The minimum atomic E-state index is -5.04. The van der Waals surface area contributed by atoms with Crippen LogP contribution in [0.5, 0.6) is 0 Å². The lowest BCUT2D eigenvalue weighted by molar-refractivity contribution is -0.143. The summed E-state index contributed by atoms with van der Waals surface area (Å²) in [5.74, 6) is -3.27. The molecule has 11 heteroatoms. The van der Waals surface area contributed by atoms with Crippen molar-refractivity contribution < 1.29 is 45.8 Å². The molecule has 1 aromatic rings. The topological polar surface area (TPSA) is 66.8 Å². The van der Waals surface area contributed by atoms with Crippen molar-refractivity contribution in [1.29, 1.82) is 0 Å². The number of carbonyl (C=O) groups is 2. The predicted molar refractivity (Wildman–Crippen MR) is 91.9 cm³/mol. The monoisotopic (exact) mass is 439 g/mol. The van der Waals surface area contributed by atoms with Crippen LogP contribution in [0, 0.1) is 5.92 Å². The summed E-state index contributed by atoms with van der Waals surface area (Å²) in [4.78, 5) is 25.6. The second-order valence-corrected chi connectivity index (χ2v) is 7.02. The number of benzene rings is 1. The number of hydrogen-bond donors (Lipinski definition) is 1. The standard InChI is InChI=1S/C19H19F6NO4/c1-4-30-17(29)13-15(27)14(9(2)3)26(16(13)28)8-10-5-11(18(20,21)22)7-12(6-10)19(23,24)25/h5-7,9,14,27H,4,8H2,1-3H3/t14-/m1/s1. The second kappa shape index (κ2) is 8.19. The van der Waals surface area contributed by atoms with Crippen molar-refractivity contribution >= 4 is 11.9 Å². The van der Waals surface area contributed by atoms with E-state index in [0.29, 0.717) is 12.1 Å². The summed E-state index contributed by atoms with van der Waals surface area (Å²) >= 11 is 0. The van der Waals surface area contributed by atoms with Gasteiger partial charge in [-0.25, -0.2) is 4.79 Å². The molecular weight excluding hydrogens is 420 g/mol. The lowest BCUT2D eigenvalue weighted by Gasteiger charge is -2.28. The Morgan fingerprint density at radius 2 is 1.60 bits per heavy atom. The lowest BCUT2D eigenvalue weighted by Crippen LogP contribution is -2.39. The summed E-state index contributed by atoms with van der Waals surface area (Å²) in [5.41, 5.74) is -4.18. The van der Waals surface area contributed by atoms with Gasteiger partial charge >= 0.3 is 18.3 Å². The van der Waals surface area contributed by atoms with Gasteiger partial charge in [0, 0.05) is 6.54 Å². The van der Waals surface area contributed by atoms with Gasteiger partial charge in [-0.15, -0.1) is 0 Å². The molecule has 0 radical (unpaired) electrons. The van der Waals surface area contributed by atoms with Crippen LogP contribution in [0.1, 0.15) is 37.5 Å². The summed E-state index contributed by atoms with van der Waals surface area (Å²) in [6.45, 7) is 3.83. The highest BCUT2D eigenvalue weighted by Crippen LogP contribution is 2.38. The van der Waals surface area contributed by atoms with Crippen molar-refractivity contribution in [3.05, 3.63) is 46.2 Å². The molecule has 166 valence electrons. The van der Waals surface area contributed by atoms with Crippen LogP contribution in [0.4, 0.5) is 26.3 Å². The van der Waals surface area contributed by atoms with E-state index >= 15 is 0 Å². The van der Waals surface area contributed by atoms with E-state index in [-0.39, 0.29) is 12.7 Å². The zero-order valence-electron chi connectivity index (χ0n) is 16.2. The fourth-order valence-corrected chi connectivity index (χ4v) is 3.22. The Balaban J connectivity index is 2.50. The molecule has 0 saturated carbocycles. The van der Waals surface area contributed by atoms with Crippen molar-refractivity contribution in [3.8, 4) is 0 Å². The number of nitrogens with zero attached hydrogens (tertiary/aromatic N) is 1. The first-order valence-corrected chi connectivity index (χ1v) is 8.88. The van der Waals surface area contributed by atoms with Gasteiger partial charge in [-0.1, -0.05) is 13.8 Å². The van der Waals surface area contributed by atoms with Gasteiger partial charge in [0.15, 0.2) is 5.57 Å². The number of hydrogen-bond acceptors (Lipinski definition) is 4. The van der Waals surface area contributed by atoms with Gasteiger partial charge in [0.2, 0.25) is 0 Å². The fraction of sp³-hybridized carbons (Fsp3) is 0.474. The smallest absolute Gasteiger partial charge is 0.416 e. The number of esters is 1. The first kappa shape index (κ1) is 23.6. The number of aliphatic hydroxyl groups is 1. The summed E-state index contributed by atoms with van der Waals surface area (Å²) in [6, 6.07) is -0.131. The van der Waals surface area contributed by atoms with Gasteiger partial charge in [-0.2, -0.15) is 26.3 Å². The number of aliphatic hydroxyl groups excluding tert-OH is 1. The van der Waals surface area contributed by atoms with E-state index in [4.69, 9.17) is 4.74 Å². The van der Waals surface area contributed by atoms with E-state index in [9.17, 15) is 41.0 Å². The number of carbonyl (C=O) groups excluding carboxylic acids is 2. The van der Waals surface area contributed by atoms with Crippen LogP contribution in [-0.2, 0) is 33.2 Å². The molecule has 0 fully saturated rings. The van der Waals surface area contributed by atoms with Gasteiger partial charge in [0.1, 0.15) is 5.76 Å². The van der Waals surface area contributed by atoms with Crippen molar-refractivity contribution in [1.82, 2.24) is 4.90 Å². The highest BCUT2D eigenvalue weighted by atomic mass is 19.4. The first-order chi connectivity index (χ1) is 13.7. The molecule has 0 unspecified atom stereocenters. The van der Waals surface area contributed by atoms with Crippen LogP contribution in [0.25, 0.3) is 0 Å². The minimum Gasteiger partial charge on any atom is -0.509 e. The average molecular weight is 439 g/mol. The summed E-state index contributed by atoms with van der Waals surface area (Å²) in [6.07, 6.45) is -10.1. The Hall–Kier alpha value is -2.72. The maximum Gasteiger partial charge on any atom is 0.416 e. The van der Waals surface area contributed by atoms with Gasteiger partial charge in [0.25, 0.3) is 5.91 Å². The SMILES string of the molecule is CCOC(=O)C1=C(O)[C@@H](C(C)C)N(Cc2cc(C(F)(F)F)cc(C(F)(F)F)c2)C1=O. The van der Waals surface area contributed by atoms with Gasteiger partial charge in [-0.3, -0.25) is 4.79 Å². The molecule has 1 heterocycles. The molecule has 0 bridgehead atoms. The summed E-state index contributed by atoms with van der Waals surface area (Å²) in [5, 5.41) is 10.4. The summed E-state index contributed by atoms with van der Waals surface area (Å²) < 4.78 is 83.3. The van der Waals surface area contributed by atoms with Crippen LogP contribution >= 0.6 is 0 Å². The molecule has 1 aromatic carbocycles. The van der Waals surface area contributed by atoms with E-state index in [0.717, 1.165) is 4.90 Å². The third-order valence-corrected chi connectivity index (χ3v) is 4.46. The number of amides is 1. The summed E-state index contributed by atoms with van der Waals surface area (Å²) in [7, 11) is 0. The molecule has 0 saturated heterocycles. The van der Waals surface area contributed by atoms with Crippen molar-refractivity contribution in [3.63, 3.8) is 0 Å².